The Morgan fingerprint density at radius 1 is 1.26 bits per heavy atom. The van der Waals surface area contributed by atoms with Crippen LogP contribution in [0, 0.1) is 0 Å². The van der Waals surface area contributed by atoms with Gasteiger partial charge in [0.1, 0.15) is 6.29 Å². The summed E-state index contributed by atoms with van der Waals surface area (Å²) in [7, 11) is 0. The minimum absolute atomic E-state index is 0.0752. The lowest BCUT2D eigenvalue weighted by Crippen LogP contribution is -2.41. The summed E-state index contributed by atoms with van der Waals surface area (Å²) in [6.07, 6.45) is 4.46. The van der Waals surface area contributed by atoms with Gasteiger partial charge in [-0.05, 0) is 32.3 Å². The van der Waals surface area contributed by atoms with E-state index in [-0.39, 0.29) is 12.2 Å². The predicted molar refractivity (Wildman–Crippen MR) is 73.8 cm³/mol. The van der Waals surface area contributed by atoms with E-state index in [2.05, 4.69) is 12.1 Å². The maximum absolute atomic E-state index is 10.4. The molecule has 0 aliphatic carbocycles. The molecule has 1 aliphatic rings. The summed E-state index contributed by atoms with van der Waals surface area (Å²) in [5.74, 6) is -0.565. The molecule has 1 aromatic rings. The number of aldehydes is 1. The molecule has 2 rings (SSSR count). The topological polar surface area (TPSA) is 35.5 Å². The van der Waals surface area contributed by atoms with Gasteiger partial charge in [0, 0.05) is 12.8 Å². The van der Waals surface area contributed by atoms with Crippen molar-refractivity contribution in [2.45, 2.75) is 57.5 Å². The maximum Gasteiger partial charge on any atom is 0.163 e. The zero-order chi connectivity index (χ0) is 13.7. The van der Waals surface area contributed by atoms with Crippen LogP contribution in [0.25, 0.3) is 0 Å². The summed E-state index contributed by atoms with van der Waals surface area (Å²) in [6, 6.07) is 10.3. The first-order chi connectivity index (χ1) is 9.11. The summed E-state index contributed by atoms with van der Waals surface area (Å²) in [4.78, 5) is 10.4. The van der Waals surface area contributed by atoms with Crippen molar-refractivity contribution >= 4 is 6.29 Å². The second kappa shape index (κ2) is 6.31. The first kappa shape index (κ1) is 14.2. The molecule has 2 atom stereocenters. The molecule has 1 aliphatic heterocycles. The molecule has 3 heteroatoms. The van der Waals surface area contributed by atoms with E-state index in [0.29, 0.717) is 6.42 Å². The van der Waals surface area contributed by atoms with Crippen LogP contribution in [-0.2, 0) is 14.3 Å². The van der Waals surface area contributed by atoms with Gasteiger partial charge in [0.2, 0.25) is 0 Å². The van der Waals surface area contributed by atoms with Crippen LogP contribution in [0.1, 0.15) is 51.2 Å². The maximum atomic E-state index is 10.4. The Balaban J connectivity index is 2.02. The average molecular weight is 262 g/mol. The van der Waals surface area contributed by atoms with Gasteiger partial charge in [-0.3, -0.25) is 0 Å². The highest BCUT2D eigenvalue weighted by molar-refractivity contribution is 5.48. The lowest BCUT2D eigenvalue weighted by Gasteiger charge is -2.41. The summed E-state index contributed by atoms with van der Waals surface area (Å²) < 4.78 is 11.9. The third-order valence-electron chi connectivity index (χ3n) is 3.37. The second-order valence-corrected chi connectivity index (χ2v) is 5.49. The van der Waals surface area contributed by atoms with Crippen molar-refractivity contribution in [3.8, 4) is 0 Å². The Morgan fingerprint density at radius 3 is 2.68 bits per heavy atom. The monoisotopic (exact) mass is 262 g/mol. The third kappa shape index (κ3) is 4.15. The highest BCUT2D eigenvalue weighted by atomic mass is 16.7. The van der Waals surface area contributed by atoms with Crippen molar-refractivity contribution in [3.05, 3.63) is 35.9 Å². The van der Waals surface area contributed by atoms with E-state index in [0.717, 1.165) is 25.5 Å². The molecule has 1 aromatic carbocycles. The van der Waals surface area contributed by atoms with Crippen LogP contribution < -0.4 is 0 Å². The van der Waals surface area contributed by atoms with Gasteiger partial charge in [0.05, 0.1) is 12.2 Å². The summed E-state index contributed by atoms with van der Waals surface area (Å²) >= 11 is 0. The molecular weight excluding hydrogens is 240 g/mol. The van der Waals surface area contributed by atoms with E-state index in [9.17, 15) is 4.79 Å². The van der Waals surface area contributed by atoms with Gasteiger partial charge in [-0.25, -0.2) is 0 Å². The summed E-state index contributed by atoms with van der Waals surface area (Å²) in [6.45, 7) is 3.91. The molecule has 0 radical (unpaired) electrons. The van der Waals surface area contributed by atoms with Gasteiger partial charge in [-0.15, -0.1) is 0 Å². The molecule has 0 aromatic heterocycles. The molecule has 0 N–H and O–H groups in total. The van der Waals surface area contributed by atoms with E-state index in [1.165, 1.54) is 5.56 Å². The number of hydrogen-bond acceptors (Lipinski definition) is 3. The molecule has 0 saturated carbocycles. The quantitative estimate of drug-likeness (QED) is 0.600. The molecule has 104 valence electrons. The van der Waals surface area contributed by atoms with Crippen molar-refractivity contribution in [2.75, 3.05) is 0 Å². The van der Waals surface area contributed by atoms with Crippen molar-refractivity contribution in [1.29, 1.82) is 0 Å². The number of hydrogen-bond donors (Lipinski definition) is 0. The van der Waals surface area contributed by atoms with E-state index in [1.807, 2.05) is 32.0 Å². The molecular formula is C16H22O3. The smallest absolute Gasteiger partial charge is 0.163 e. The fraction of sp³-hybridized carbons (Fsp3) is 0.562. The molecule has 0 amide bonds. The number of unbranched alkanes of at least 4 members (excludes halogenated alkanes) is 1. The van der Waals surface area contributed by atoms with Gasteiger partial charge in [0.15, 0.2) is 5.79 Å². The fourth-order valence-electron chi connectivity index (χ4n) is 2.58. The number of rotatable bonds is 5. The van der Waals surface area contributed by atoms with Crippen LogP contribution in [0.4, 0.5) is 0 Å². The number of benzene rings is 1. The largest absolute Gasteiger partial charge is 0.347 e. The van der Waals surface area contributed by atoms with Gasteiger partial charge in [-0.2, -0.15) is 0 Å². The molecule has 1 heterocycles. The molecule has 0 bridgehead atoms. The minimum Gasteiger partial charge on any atom is -0.347 e. The Labute approximate surface area is 114 Å². The van der Waals surface area contributed by atoms with Gasteiger partial charge < -0.3 is 14.3 Å². The zero-order valence-electron chi connectivity index (χ0n) is 11.7. The van der Waals surface area contributed by atoms with Crippen LogP contribution in [0.2, 0.25) is 0 Å². The van der Waals surface area contributed by atoms with E-state index < -0.39 is 5.79 Å². The predicted octanol–water partition coefficient (Wildman–Crippen LogP) is 3.64. The summed E-state index contributed by atoms with van der Waals surface area (Å²) in [5, 5.41) is 0. The zero-order valence-corrected chi connectivity index (χ0v) is 11.7. The van der Waals surface area contributed by atoms with Crippen LogP contribution in [-0.4, -0.2) is 18.2 Å². The van der Waals surface area contributed by atoms with Crippen LogP contribution in [0.3, 0.4) is 0 Å². The van der Waals surface area contributed by atoms with Crippen LogP contribution in [0.5, 0.6) is 0 Å². The normalized spacial score (nSPS) is 26.0. The van der Waals surface area contributed by atoms with Gasteiger partial charge in [-0.1, -0.05) is 30.3 Å². The first-order valence-electron chi connectivity index (χ1n) is 6.95. The second-order valence-electron chi connectivity index (χ2n) is 5.49. The number of carbonyl (C=O) groups excluding carboxylic acids is 1. The standard InChI is InChI=1S/C16H22O3/c1-16(2)18-14(10-6-7-11-17)12-15(19-16)13-8-4-3-5-9-13/h3-5,8-9,11,14-15H,6-7,10,12H2,1-2H3/t14-,15+/m1/s1. The SMILES string of the molecule is CC1(C)O[C@H](CCCC=O)C[C@@H](c2ccccc2)O1. The average Bonchev–Trinajstić information content (AvgIpc) is 2.38. The molecule has 1 fully saturated rings. The Morgan fingerprint density at radius 2 is 2.00 bits per heavy atom. The Kier molecular flexibility index (Phi) is 4.72. The highest BCUT2D eigenvalue weighted by Crippen LogP contribution is 2.37. The van der Waals surface area contributed by atoms with Gasteiger partial charge in [0.25, 0.3) is 0 Å². The fourth-order valence-corrected chi connectivity index (χ4v) is 2.58. The Bertz CT molecular complexity index is 400. The van der Waals surface area contributed by atoms with E-state index in [4.69, 9.17) is 9.47 Å². The van der Waals surface area contributed by atoms with E-state index >= 15 is 0 Å². The molecule has 1 saturated heterocycles. The lowest BCUT2D eigenvalue weighted by molar-refractivity contribution is -0.303. The third-order valence-corrected chi connectivity index (χ3v) is 3.37. The highest BCUT2D eigenvalue weighted by Gasteiger charge is 2.35. The van der Waals surface area contributed by atoms with Crippen LogP contribution in [0.15, 0.2) is 30.3 Å². The minimum atomic E-state index is -0.565. The lowest BCUT2D eigenvalue weighted by atomic mass is 9.98. The van der Waals surface area contributed by atoms with E-state index in [1.54, 1.807) is 0 Å². The van der Waals surface area contributed by atoms with Crippen molar-refractivity contribution in [3.63, 3.8) is 0 Å². The van der Waals surface area contributed by atoms with Gasteiger partial charge >= 0.3 is 0 Å². The molecule has 19 heavy (non-hydrogen) atoms. The summed E-state index contributed by atoms with van der Waals surface area (Å²) in [5.41, 5.74) is 1.19. The van der Waals surface area contributed by atoms with Crippen molar-refractivity contribution in [1.82, 2.24) is 0 Å². The number of ether oxygens (including phenoxy) is 2. The first-order valence-corrected chi connectivity index (χ1v) is 6.95. The molecule has 3 nitrogen and oxygen atoms in total. The number of carbonyl (C=O) groups is 1. The molecule has 0 unspecified atom stereocenters. The van der Waals surface area contributed by atoms with Crippen molar-refractivity contribution < 1.29 is 14.3 Å². The van der Waals surface area contributed by atoms with Crippen molar-refractivity contribution in [2.24, 2.45) is 0 Å². The molecule has 0 spiro atoms. The Hall–Kier alpha value is -1.19. The van der Waals surface area contributed by atoms with Crippen LogP contribution >= 0.6 is 0 Å².